The van der Waals surface area contributed by atoms with Gasteiger partial charge in [-0.1, -0.05) is 12.2 Å². The van der Waals surface area contributed by atoms with Gasteiger partial charge in [-0.25, -0.2) is 0 Å². The number of allylic oxidation sites excluding steroid dienone is 2. The lowest BCUT2D eigenvalue weighted by atomic mass is 9.85. The Morgan fingerprint density at radius 2 is 1.89 bits per heavy atom. The van der Waals surface area contributed by atoms with Crippen LogP contribution >= 0.6 is 0 Å². The van der Waals surface area contributed by atoms with Crippen LogP contribution in [0.5, 0.6) is 5.75 Å². The van der Waals surface area contributed by atoms with Crippen LogP contribution in [-0.2, 0) is 14.4 Å². The average molecular weight is 385 g/mol. The van der Waals surface area contributed by atoms with E-state index in [1.54, 1.807) is 0 Å². The number of rotatable bonds is 6. The maximum absolute atomic E-state index is 12.6. The van der Waals surface area contributed by atoms with E-state index in [9.17, 15) is 24.5 Å². The van der Waals surface area contributed by atoms with Crippen molar-refractivity contribution in [3.8, 4) is 5.75 Å². The third-order valence-electron chi connectivity index (χ3n) is 5.79. The number of nitro groups is 1. The minimum atomic E-state index is -0.558. The van der Waals surface area contributed by atoms with Crippen LogP contribution in [0.1, 0.15) is 12.8 Å². The van der Waals surface area contributed by atoms with Crippen LogP contribution in [0.2, 0.25) is 0 Å². The normalized spacial score (nSPS) is 27.2. The van der Waals surface area contributed by atoms with E-state index in [0.29, 0.717) is 0 Å². The zero-order chi connectivity index (χ0) is 20.0. The number of likely N-dealkylation sites (tertiary alicyclic amines) is 1. The number of amides is 3. The van der Waals surface area contributed by atoms with E-state index in [1.807, 2.05) is 12.2 Å². The predicted octanol–water partition coefficient (Wildman–Crippen LogP) is 1.74. The molecule has 1 aromatic rings. The van der Waals surface area contributed by atoms with Crippen LogP contribution in [0.15, 0.2) is 30.4 Å². The second kappa shape index (κ2) is 6.74. The van der Waals surface area contributed by atoms with Crippen molar-refractivity contribution < 1.29 is 24.0 Å². The molecular weight excluding hydrogens is 366 g/mol. The van der Waals surface area contributed by atoms with Crippen molar-refractivity contribution >= 4 is 29.1 Å². The van der Waals surface area contributed by atoms with Gasteiger partial charge in [-0.3, -0.25) is 29.4 Å². The maximum Gasteiger partial charge on any atom is 0.273 e. The Morgan fingerprint density at radius 1 is 1.25 bits per heavy atom. The van der Waals surface area contributed by atoms with E-state index in [0.717, 1.165) is 6.42 Å². The Bertz CT molecular complexity index is 881. The van der Waals surface area contributed by atoms with Crippen molar-refractivity contribution in [1.29, 1.82) is 0 Å². The van der Waals surface area contributed by atoms with E-state index in [1.165, 1.54) is 30.2 Å². The second-order valence-electron chi connectivity index (χ2n) is 7.27. The highest BCUT2D eigenvalue weighted by atomic mass is 16.6. The molecule has 0 aromatic heterocycles. The zero-order valence-electron chi connectivity index (χ0n) is 15.2. The van der Waals surface area contributed by atoms with Crippen molar-refractivity contribution in [3.63, 3.8) is 0 Å². The number of anilines is 1. The molecule has 9 heteroatoms. The molecule has 4 atom stereocenters. The standard InChI is InChI=1S/C19H19N3O6/c1-28-14-9-12(22(26)27)4-5-13(14)20-15(23)6-7-21-18(24)16-10-2-3-11(8-10)17(16)19(21)25/h2-5,9-11,16-17H,6-8H2,1H3,(H,20,23)/t10-,11+,16-,17+. The number of hydrogen-bond acceptors (Lipinski definition) is 6. The summed E-state index contributed by atoms with van der Waals surface area (Å²) in [4.78, 5) is 49.0. The molecule has 0 radical (unpaired) electrons. The molecule has 1 aromatic carbocycles. The van der Waals surface area contributed by atoms with Crippen LogP contribution in [0.25, 0.3) is 0 Å². The Hall–Kier alpha value is -3.23. The number of benzene rings is 1. The van der Waals surface area contributed by atoms with Crippen molar-refractivity contribution in [2.24, 2.45) is 23.7 Å². The van der Waals surface area contributed by atoms with Gasteiger partial charge in [0, 0.05) is 19.0 Å². The summed E-state index contributed by atoms with van der Waals surface area (Å²) >= 11 is 0. The van der Waals surface area contributed by atoms with E-state index in [-0.39, 0.29) is 65.6 Å². The number of carbonyl (C=O) groups is 3. The van der Waals surface area contributed by atoms with Gasteiger partial charge in [0.15, 0.2) is 0 Å². The number of hydrogen-bond donors (Lipinski definition) is 1. The summed E-state index contributed by atoms with van der Waals surface area (Å²) in [5.41, 5.74) is 0.133. The molecule has 3 amide bonds. The molecule has 1 heterocycles. The first-order chi connectivity index (χ1) is 13.4. The molecule has 2 aliphatic carbocycles. The largest absolute Gasteiger partial charge is 0.494 e. The summed E-state index contributed by atoms with van der Waals surface area (Å²) in [5.74, 6) is -0.913. The Labute approximate surface area is 160 Å². The number of nitrogens with one attached hydrogen (secondary N) is 1. The summed E-state index contributed by atoms with van der Waals surface area (Å²) in [6.07, 6.45) is 4.85. The fourth-order valence-corrected chi connectivity index (χ4v) is 4.51. The van der Waals surface area contributed by atoms with Crippen LogP contribution in [0.4, 0.5) is 11.4 Å². The molecule has 0 unspecified atom stereocenters. The van der Waals surface area contributed by atoms with Gasteiger partial charge in [0.05, 0.1) is 35.6 Å². The van der Waals surface area contributed by atoms with E-state index >= 15 is 0 Å². The molecule has 2 fully saturated rings. The SMILES string of the molecule is COc1cc([N+](=O)[O-])ccc1NC(=O)CCN1C(=O)[C@@H]2[C@H](C1=O)[C@@H]1C=C[C@H]2C1. The van der Waals surface area contributed by atoms with Gasteiger partial charge >= 0.3 is 0 Å². The molecule has 1 aliphatic heterocycles. The molecule has 9 nitrogen and oxygen atoms in total. The number of imide groups is 1. The van der Waals surface area contributed by atoms with E-state index in [2.05, 4.69) is 5.32 Å². The first-order valence-electron chi connectivity index (χ1n) is 9.06. The van der Waals surface area contributed by atoms with Crippen molar-refractivity contribution in [1.82, 2.24) is 4.90 Å². The summed E-state index contributed by atoms with van der Waals surface area (Å²) in [6.45, 7) is 0.0191. The van der Waals surface area contributed by atoms with Crippen LogP contribution in [0, 0.1) is 33.8 Å². The Morgan fingerprint density at radius 3 is 2.46 bits per heavy atom. The highest BCUT2D eigenvalue weighted by Crippen LogP contribution is 2.52. The van der Waals surface area contributed by atoms with Crippen molar-refractivity contribution in [2.75, 3.05) is 19.0 Å². The first-order valence-corrected chi connectivity index (χ1v) is 9.06. The summed E-state index contributed by atoms with van der Waals surface area (Å²) in [5, 5.41) is 13.4. The lowest BCUT2D eigenvalue weighted by Crippen LogP contribution is -2.35. The third-order valence-corrected chi connectivity index (χ3v) is 5.79. The molecule has 1 N–H and O–H groups in total. The highest BCUT2D eigenvalue weighted by molar-refractivity contribution is 6.06. The first kappa shape index (κ1) is 18.1. The van der Waals surface area contributed by atoms with Gasteiger partial charge in [0.25, 0.3) is 5.69 Å². The molecule has 2 bridgehead atoms. The zero-order valence-corrected chi connectivity index (χ0v) is 15.2. The molecular formula is C19H19N3O6. The van der Waals surface area contributed by atoms with Gasteiger partial charge in [-0.05, 0) is 24.3 Å². The van der Waals surface area contributed by atoms with E-state index in [4.69, 9.17) is 4.74 Å². The second-order valence-corrected chi connectivity index (χ2v) is 7.27. The number of methoxy groups -OCH3 is 1. The van der Waals surface area contributed by atoms with Crippen LogP contribution in [0.3, 0.4) is 0 Å². The predicted molar refractivity (Wildman–Crippen MR) is 97.3 cm³/mol. The molecule has 4 rings (SSSR count). The fourth-order valence-electron chi connectivity index (χ4n) is 4.51. The minimum absolute atomic E-state index is 0.0191. The number of nitrogens with zero attached hydrogens (tertiary/aromatic N) is 2. The summed E-state index contributed by atoms with van der Waals surface area (Å²) in [7, 11) is 1.34. The average Bonchev–Trinajstić information content (AvgIpc) is 3.35. The highest BCUT2D eigenvalue weighted by Gasteiger charge is 2.59. The van der Waals surface area contributed by atoms with Gasteiger partial charge in [-0.2, -0.15) is 0 Å². The molecule has 3 aliphatic rings. The third kappa shape index (κ3) is 2.83. The Kier molecular flexibility index (Phi) is 4.37. The van der Waals surface area contributed by atoms with Gasteiger partial charge in [0.2, 0.25) is 17.7 Å². The number of nitro benzene ring substituents is 1. The van der Waals surface area contributed by atoms with Gasteiger partial charge in [-0.15, -0.1) is 0 Å². The van der Waals surface area contributed by atoms with Gasteiger partial charge in [0.1, 0.15) is 5.75 Å². The topological polar surface area (TPSA) is 119 Å². The number of carbonyl (C=O) groups excluding carboxylic acids is 3. The number of fused-ring (bicyclic) bond motifs is 5. The molecule has 28 heavy (non-hydrogen) atoms. The number of non-ortho nitro benzene ring substituents is 1. The molecule has 0 spiro atoms. The summed E-state index contributed by atoms with van der Waals surface area (Å²) < 4.78 is 5.09. The van der Waals surface area contributed by atoms with Crippen molar-refractivity contribution in [2.45, 2.75) is 12.8 Å². The fraction of sp³-hybridized carbons (Fsp3) is 0.421. The number of ether oxygens (including phenoxy) is 1. The van der Waals surface area contributed by atoms with Crippen LogP contribution in [-0.4, -0.2) is 41.2 Å². The van der Waals surface area contributed by atoms with Crippen LogP contribution < -0.4 is 10.1 Å². The van der Waals surface area contributed by atoms with Gasteiger partial charge < -0.3 is 10.1 Å². The smallest absolute Gasteiger partial charge is 0.273 e. The lowest BCUT2D eigenvalue weighted by molar-refractivity contribution is -0.384. The Balaban J connectivity index is 1.39. The lowest BCUT2D eigenvalue weighted by Gasteiger charge is -2.17. The van der Waals surface area contributed by atoms with E-state index < -0.39 is 10.8 Å². The summed E-state index contributed by atoms with van der Waals surface area (Å²) in [6, 6.07) is 3.86. The van der Waals surface area contributed by atoms with Crippen molar-refractivity contribution in [3.05, 3.63) is 40.5 Å². The maximum atomic E-state index is 12.6. The quantitative estimate of drug-likeness (QED) is 0.345. The molecule has 146 valence electrons. The monoisotopic (exact) mass is 385 g/mol. The molecule has 1 saturated carbocycles. The molecule has 1 saturated heterocycles. The minimum Gasteiger partial charge on any atom is -0.494 e.